The van der Waals surface area contributed by atoms with Crippen LogP contribution in [-0.4, -0.2) is 24.0 Å². The molecule has 1 aromatic rings. The first-order chi connectivity index (χ1) is 8.97. The maximum Gasteiger partial charge on any atom is 0.387 e. The minimum absolute atomic E-state index is 0.0267. The first-order valence-electron chi connectivity index (χ1n) is 4.87. The van der Waals surface area contributed by atoms with Gasteiger partial charge in [-0.15, -0.1) is 0 Å². The van der Waals surface area contributed by atoms with Crippen LogP contribution in [0.3, 0.4) is 0 Å². The molecule has 0 heterocycles. The van der Waals surface area contributed by atoms with Crippen LogP contribution >= 0.6 is 0 Å². The van der Waals surface area contributed by atoms with Gasteiger partial charge >= 0.3 is 12.6 Å². The zero-order chi connectivity index (χ0) is 14.4. The molecule has 0 aliphatic carbocycles. The number of aliphatic carboxylic acids is 1. The van der Waals surface area contributed by atoms with E-state index in [0.717, 1.165) is 24.3 Å². The summed E-state index contributed by atoms with van der Waals surface area (Å²) in [5, 5.41) is 17.3. The highest BCUT2D eigenvalue weighted by Gasteiger charge is 2.13. The van der Waals surface area contributed by atoms with Crippen molar-refractivity contribution in [3.8, 4) is 11.8 Å². The smallest absolute Gasteiger partial charge is 0.387 e. The van der Waals surface area contributed by atoms with Crippen LogP contribution in [0.1, 0.15) is 21.5 Å². The number of carbonyl (C=O) groups is 2. The van der Waals surface area contributed by atoms with Gasteiger partial charge in [0.25, 0.3) is 0 Å². The number of halogens is 2. The molecule has 0 radical (unpaired) electrons. The van der Waals surface area contributed by atoms with Gasteiger partial charge in [-0.1, -0.05) is 0 Å². The van der Waals surface area contributed by atoms with Crippen LogP contribution in [0, 0.1) is 11.3 Å². The molecule has 1 aromatic carbocycles. The molecule has 0 bridgehead atoms. The standard InChI is InChI=1S/C12H7F2NO4/c13-12(14)19-10-4-7(1-2-11(17)18)8(5-15)3-9(10)6-16/h1-4,6,12H,(H,17,18)/b2-1+. The van der Waals surface area contributed by atoms with Crippen molar-refractivity contribution in [2.24, 2.45) is 0 Å². The zero-order valence-electron chi connectivity index (χ0n) is 9.34. The molecular formula is C12H7F2NO4. The van der Waals surface area contributed by atoms with Crippen molar-refractivity contribution in [2.45, 2.75) is 6.61 Å². The maximum absolute atomic E-state index is 12.1. The minimum Gasteiger partial charge on any atom is -0.478 e. The van der Waals surface area contributed by atoms with Gasteiger partial charge < -0.3 is 9.84 Å². The van der Waals surface area contributed by atoms with Crippen molar-refractivity contribution in [1.82, 2.24) is 0 Å². The fourth-order valence-electron chi connectivity index (χ4n) is 1.30. The highest BCUT2D eigenvalue weighted by Crippen LogP contribution is 2.25. The van der Waals surface area contributed by atoms with Gasteiger partial charge in [0, 0.05) is 6.08 Å². The number of carboxylic acid groups (broad SMARTS) is 1. The van der Waals surface area contributed by atoms with E-state index >= 15 is 0 Å². The molecule has 5 nitrogen and oxygen atoms in total. The average molecular weight is 267 g/mol. The maximum atomic E-state index is 12.1. The van der Waals surface area contributed by atoms with Crippen LogP contribution in [0.5, 0.6) is 5.75 Å². The second-order valence-corrected chi connectivity index (χ2v) is 3.26. The van der Waals surface area contributed by atoms with Crippen molar-refractivity contribution in [3.63, 3.8) is 0 Å². The Morgan fingerprint density at radius 2 is 2.11 bits per heavy atom. The fourth-order valence-corrected chi connectivity index (χ4v) is 1.30. The van der Waals surface area contributed by atoms with Crippen molar-refractivity contribution in [2.75, 3.05) is 0 Å². The number of benzene rings is 1. The monoisotopic (exact) mass is 267 g/mol. The third kappa shape index (κ3) is 3.89. The van der Waals surface area contributed by atoms with E-state index in [2.05, 4.69) is 4.74 Å². The average Bonchev–Trinajstić information content (AvgIpc) is 2.35. The Morgan fingerprint density at radius 3 is 2.58 bits per heavy atom. The lowest BCUT2D eigenvalue weighted by Gasteiger charge is -2.09. The van der Waals surface area contributed by atoms with Crippen LogP contribution < -0.4 is 4.74 Å². The van der Waals surface area contributed by atoms with Gasteiger partial charge in [-0.05, 0) is 23.8 Å². The van der Waals surface area contributed by atoms with E-state index in [4.69, 9.17) is 10.4 Å². The van der Waals surface area contributed by atoms with Gasteiger partial charge in [-0.3, -0.25) is 4.79 Å². The molecule has 7 heteroatoms. The molecule has 0 aliphatic rings. The van der Waals surface area contributed by atoms with Crippen LogP contribution in [0.4, 0.5) is 8.78 Å². The number of aldehydes is 1. The molecule has 1 N–H and O–H groups in total. The molecule has 0 saturated carbocycles. The van der Waals surface area contributed by atoms with Gasteiger partial charge in [0.15, 0.2) is 6.29 Å². The topological polar surface area (TPSA) is 87.4 Å². The summed E-state index contributed by atoms with van der Waals surface area (Å²) in [5.74, 6) is -1.69. The van der Waals surface area contributed by atoms with E-state index in [0.29, 0.717) is 0 Å². The molecule has 0 atom stereocenters. The summed E-state index contributed by atoms with van der Waals surface area (Å²) in [7, 11) is 0. The second-order valence-electron chi connectivity index (χ2n) is 3.26. The second kappa shape index (κ2) is 6.26. The molecule has 0 unspecified atom stereocenters. The van der Waals surface area contributed by atoms with Crippen molar-refractivity contribution in [1.29, 1.82) is 5.26 Å². The Labute approximate surface area is 106 Å². The summed E-state index contributed by atoms with van der Waals surface area (Å²) < 4.78 is 28.4. The first-order valence-corrected chi connectivity index (χ1v) is 4.87. The Morgan fingerprint density at radius 1 is 1.42 bits per heavy atom. The largest absolute Gasteiger partial charge is 0.478 e. The Bertz CT molecular complexity index is 576. The Hall–Kier alpha value is -2.75. The highest BCUT2D eigenvalue weighted by molar-refractivity contribution is 5.87. The number of rotatable bonds is 5. The Kier molecular flexibility index (Phi) is 4.71. The van der Waals surface area contributed by atoms with Crippen LogP contribution in [0.15, 0.2) is 18.2 Å². The number of hydrogen-bond donors (Lipinski definition) is 1. The number of nitrogens with zero attached hydrogens (tertiary/aromatic N) is 1. The van der Waals surface area contributed by atoms with E-state index in [9.17, 15) is 18.4 Å². The molecule has 0 amide bonds. The van der Waals surface area contributed by atoms with Gasteiger partial charge in [0.2, 0.25) is 0 Å². The van der Waals surface area contributed by atoms with Gasteiger partial charge in [-0.2, -0.15) is 14.0 Å². The van der Waals surface area contributed by atoms with Crippen LogP contribution in [0.25, 0.3) is 6.08 Å². The molecule has 19 heavy (non-hydrogen) atoms. The predicted octanol–water partition coefficient (Wildman–Crippen LogP) is 2.07. The zero-order valence-corrected chi connectivity index (χ0v) is 9.34. The number of ether oxygens (including phenoxy) is 1. The normalized spacial score (nSPS) is 10.4. The van der Waals surface area contributed by atoms with Crippen molar-refractivity contribution >= 4 is 18.3 Å². The summed E-state index contributed by atoms with van der Waals surface area (Å²) in [4.78, 5) is 21.1. The van der Waals surface area contributed by atoms with E-state index in [1.807, 2.05) is 0 Å². The van der Waals surface area contributed by atoms with Crippen molar-refractivity contribution in [3.05, 3.63) is 34.9 Å². The summed E-state index contributed by atoms with van der Waals surface area (Å²) >= 11 is 0. The van der Waals surface area contributed by atoms with Crippen molar-refractivity contribution < 1.29 is 28.2 Å². The van der Waals surface area contributed by atoms with E-state index in [-0.39, 0.29) is 23.0 Å². The van der Waals surface area contributed by atoms with Gasteiger partial charge in [0.1, 0.15) is 5.75 Å². The minimum atomic E-state index is -3.14. The SMILES string of the molecule is N#Cc1cc(C=O)c(OC(F)F)cc1/C=C/C(=O)O. The van der Waals surface area contributed by atoms with Gasteiger partial charge in [-0.25, -0.2) is 4.79 Å². The molecule has 0 spiro atoms. The van der Waals surface area contributed by atoms with Crippen LogP contribution in [-0.2, 0) is 4.79 Å². The molecular weight excluding hydrogens is 260 g/mol. The molecule has 1 rings (SSSR count). The summed E-state index contributed by atoms with van der Waals surface area (Å²) in [6, 6.07) is 3.78. The summed E-state index contributed by atoms with van der Waals surface area (Å²) in [5.41, 5.74) is -0.184. The lowest BCUT2D eigenvalue weighted by Crippen LogP contribution is -2.05. The predicted molar refractivity (Wildman–Crippen MR) is 59.8 cm³/mol. The number of nitriles is 1. The molecule has 0 aliphatic heterocycles. The summed E-state index contributed by atoms with van der Waals surface area (Å²) in [6.45, 7) is -3.14. The molecule has 0 fully saturated rings. The third-order valence-electron chi connectivity index (χ3n) is 2.05. The lowest BCUT2D eigenvalue weighted by atomic mass is 10.0. The quantitative estimate of drug-likeness (QED) is 0.651. The molecule has 0 saturated heterocycles. The summed E-state index contributed by atoms with van der Waals surface area (Å²) in [6.07, 6.45) is 2.06. The lowest BCUT2D eigenvalue weighted by molar-refractivity contribution is -0.131. The third-order valence-corrected chi connectivity index (χ3v) is 2.05. The van der Waals surface area contributed by atoms with E-state index < -0.39 is 18.3 Å². The number of carbonyl (C=O) groups excluding carboxylic acids is 1. The van der Waals surface area contributed by atoms with Crippen LogP contribution in [0.2, 0.25) is 0 Å². The fraction of sp³-hybridized carbons (Fsp3) is 0.0833. The first kappa shape index (κ1) is 14.3. The van der Waals surface area contributed by atoms with E-state index in [1.54, 1.807) is 6.07 Å². The number of carboxylic acids is 1. The Balaban J connectivity index is 3.33. The number of hydrogen-bond acceptors (Lipinski definition) is 4. The highest BCUT2D eigenvalue weighted by atomic mass is 19.3. The van der Waals surface area contributed by atoms with Gasteiger partial charge in [0.05, 0.1) is 17.2 Å². The molecule has 0 aromatic heterocycles. The molecule has 98 valence electrons. The van der Waals surface area contributed by atoms with E-state index in [1.165, 1.54) is 0 Å². The number of alkyl halides is 2.